The molecule has 0 bridgehead atoms. The second-order valence-corrected chi connectivity index (χ2v) is 8.45. The number of aromatic nitrogens is 3. The molecule has 0 aliphatic carbocycles. The Hall–Kier alpha value is -3.90. The van der Waals surface area contributed by atoms with Gasteiger partial charge in [-0.1, -0.05) is 54.1 Å². The number of hydrogen-bond donors (Lipinski definition) is 1. The van der Waals surface area contributed by atoms with E-state index < -0.39 is 0 Å². The second kappa shape index (κ2) is 8.22. The molecule has 0 unspecified atom stereocenters. The molecule has 2 aromatic heterocycles. The Bertz CT molecular complexity index is 1580. The van der Waals surface area contributed by atoms with Crippen LogP contribution in [0.3, 0.4) is 0 Å². The highest BCUT2D eigenvalue weighted by atomic mass is 35.5. The number of para-hydroxylation sites is 3. The van der Waals surface area contributed by atoms with Gasteiger partial charge in [0.2, 0.25) is 11.7 Å². The number of nitrogens with zero attached hydrogens (tertiary/aromatic N) is 3. The third-order valence-corrected chi connectivity index (χ3v) is 5.96. The van der Waals surface area contributed by atoms with E-state index in [4.69, 9.17) is 16.6 Å². The minimum Gasteiger partial charge on any atom is -0.324 e. The predicted octanol–water partition coefficient (Wildman–Crippen LogP) is 5.23. The van der Waals surface area contributed by atoms with Gasteiger partial charge < -0.3 is 9.88 Å². The van der Waals surface area contributed by atoms with Crippen LogP contribution in [0.4, 0.5) is 5.69 Å². The Labute approximate surface area is 195 Å². The molecule has 0 spiro atoms. The maximum Gasteiger partial charge on any atom is 0.260 e. The van der Waals surface area contributed by atoms with E-state index in [1.807, 2.05) is 68.4 Å². The highest BCUT2D eigenvalue weighted by molar-refractivity contribution is 6.30. The molecule has 5 aromatic rings. The van der Waals surface area contributed by atoms with E-state index in [1.165, 1.54) is 10.5 Å². The van der Waals surface area contributed by atoms with Crippen LogP contribution in [0, 0.1) is 13.8 Å². The first-order valence-corrected chi connectivity index (χ1v) is 10.9. The van der Waals surface area contributed by atoms with Gasteiger partial charge in [-0.3, -0.25) is 9.59 Å². The van der Waals surface area contributed by atoms with E-state index in [0.29, 0.717) is 22.0 Å². The minimum atomic E-state index is -0.222. The van der Waals surface area contributed by atoms with Crippen molar-refractivity contribution >= 4 is 40.0 Å². The lowest BCUT2D eigenvalue weighted by Crippen LogP contribution is -2.21. The van der Waals surface area contributed by atoms with Crippen LogP contribution in [-0.4, -0.2) is 19.9 Å². The fourth-order valence-electron chi connectivity index (χ4n) is 4.15. The number of anilines is 1. The highest BCUT2D eigenvalue weighted by Gasteiger charge is 2.18. The predicted molar refractivity (Wildman–Crippen MR) is 132 cm³/mol. The second-order valence-electron chi connectivity index (χ2n) is 8.02. The fourth-order valence-corrected chi connectivity index (χ4v) is 4.34. The lowest BCUT2D eigenvalue weighted by molar-refractivity contribution is -0.116. The Morgan fingerprint density at radius 1 is 0.939 bits per heavy atom. The van der Waals surface area contributed by atoms with Gasteiger partial charge in [0.25, 0.3) is 5.56 Å². The zero-order valence-electron chi connectivity index (χ0n) is 18.2. The summed E-state index contributed by atoms with van der Waals surface area (Å²) in [6.07, 6.45) is 0. The first-order valence-electron chi connectivity index (χ1n) is 10.6. The van der Waals surface area contributed by atoms with E-state index in [2.05, 4.69) is 5.32 Å². The van der Waals surface area contributed by atoms with Gasteiger partial charge in [0.1, 0.15) is 6.54 Å². The van der Waals surface area contributed by atoms with E-state index in [9.17, 15) is 9.59 Å². The fraction of sp³-hybridized carbons (Fsp3) is 0.115. The van der Waals surface area contributed by atoms with Crippen LogP contribution in [0.15, 0.2) is 77.6 Å². The molecule has 33 heavy (non-hydrogen) atoms. The van der Waals surface area contributed by atoms with E-state index in [0.717, 1.165) is 27.9 Å². The lowest BCUT2D eigenvalue weighted by Gasteiger charge is -2.12. The summed E-state index contributed by atoms with van der Waals surface area (Å²) in [6, 6.07) is 22.0. The van der Waals surface area contributed by atoms with Gasteiger partial charge in [-0.25, -0.2) is 9.38 Å². The molecule has 0 fully saturated rings. The van der Waals surface area contributed by atoms with Crippen LogP contribution in [0.5, 0.6) is 0 Å². The van der Waals surface area contributed by atoms with Crippen molar-refractivity contribution in [2.45, 2.75) is 20.4 Å². The molecule has 0 aliphatic heterocycles. The number of fused-ring (bicyclic) bond motifs is 3. The molecule has 164 valence electrons. The number of halogens is 1. The van der Waals surface area contributed by atoms with Crippen molar-refractivity contribution in [3.8, 4) is 11.3 Å². The number of rotatable bonds is 4. The van der Waals surface area contributed by atoms with Gasteiger partial charge in [0.05, 0.1) is 16.7 Å². The SMILES string of the molecule is Cc1cccc(C)c1NC(=O)Cn1c2ccccc2n2c(=O)cc(-c3cccc(Cl)c3)nc12. The molecule has 0 saturated carbocycles. The van der Waals surface area contributed by atoms with Crippen molar-refractivity contribution < 1.29 is 4.79 Å². The topological polar surface area (TPSA) is 68.4 Å². The van der Waals surface area contributed by atoms with Gasteiger partial charge in [-0.2, -0.15) is 0 Å². The molecule has 0 radical (unpaired) electrons. The molecule has 1 amide bonds. The zero-order chi connectivity index (χ0) is 23.1. The summed E-state index contributed by atoms with van der Waals surface area (Å²) in [7, 11) is 0. The number of benzene rings is 3. The third kappa shape index (κ3) is 3.79. The Balaban J connectivity index is 1.65. The molecule has 6 nitrogen and oxygen atoms in total. The molecular formula is C26H21ClN4O2. The van der Waals surface area contributed by atoms with E-state index >= 15 is 0 Å². The van der Waals surface area contributed by atoms with Gasteiger partial charge in [-0.05, 0) is 49.2 Å². The summed E-state index contributed by atoms with van der Waals surface area (Å²) in [5, 5.41) is 3.58. The van der Waals surface area contributed by atoms with E-state index in [-0.39, 0.29) is 18.0 Å². The smallest absolute Gasteiger partial charge is 0.260 e. The van der Waals surface area contributed by atoms with Gasteiger partial charge in [0.15, 0.2) is 0 Å². The molecule has 0 atom stereocenters. The Morgan fingerprint density at radius 3 is 2.36 bits per heavy atom. The zero-order valence-corrected chi connectivity index (χ0v) is 18.9. The van der Waals surface area contributed by atoms with Crippen LogP contribution in [0.2, 0.25) is 5.02 Å². The molecule has 0 aliphatic rings. The number of imidazole rings is 1. The molecule has 0 saturated heterocycles. The molecule has 5 rings (SSSR count). The normalized spacial score (nSPS) is 11.2. The Kier molecular flexibility index (Phi) is 5.23. The van der Waals surface area contributed by atoms with Crippen molar-refractivity contribution in [1.29, 1.82) is 0 Å². The summed E-state index contributed by atoms with van der Waals surface area (Å²) < 4.78 is 3.31. The molecule has 2 heterocycles. The maximum absolute atomic E-state index is 13.1. The van der Waals surface area contributed by atoms with Crippen molar-refractivity contribution in [3.63, 3.8) is 0 Å². The number of carbonyl (C=O) groups excluding carboxylic acids is 1. The number of hydrogen-bond acceptors (Lipinski definition) is 3. The molecule has 1 N–H and O–H groups in total. The standard InChI is InChI=1S/C26H21ClN4O2/c1-16-7-5-8-17(2)25(16)29-23(32)15-30-21-11-3-4-12-22(21)31-24(33)14-20(28-26(30)31)18-9-6-10-19(27)13-18/h3-14H,15H2,1-2H3,(H,29,32). The highest BCUT2D eigenvalue weighted by Crippen LogP contribution is 2.24. The molecule has 3 aromatic carbocycles. The lowest BCUT2D eigenvalue weighted by atomic mass is 10.1. The van der Waals surface area contributed by atoms with Crippen molar-refractivity contribution in [2.24, 2.45) is 0 Å². The quantitative estimate of drug-likeness (QED) is 0.403. The number of aryl methyl sites for hydroxylation is 2. The van der Waals surface area contributed by atoms with Crippen LogP contribution in [0.1, 0.15) is 11.1 Å². The summed E-state index contributed by atoms with van der Waals surface area (Å²) in [6.45, 7) is 3.93. The van der Waals surface area contributed by atoms with E-state index in [1.54, 1.807) is 16.7 Å². The largest absolute Gasteiger partial charge is 0.324 e. The van der Waals surface area contributed by atoms with Crippen LogP contribution in [0.25, 0.3) is 28.1 Å². The molecule has 7 heteroatoms. The minimum absolute atomic E-state index is 0.0101. The summed E-state index contributed by atoms with van der Waals surface area (Å²) in [4.78, 5) is 31.0. The van der Waals surface area contributed by atoms with Crippen LogP contribution < -0.4 is 10.9 Å². The third-order valence-electron chi connectivity index (χ3n) is 5.72. The summed E-state index contributed by atoms with van der Waals surface area (Å²) in [5.74, 6) is 0.202. The first-order chi connectivity index (χ1) is 15.9. The number of carbonyl (C=O) groups is 1. The monoisotopic (exact) mass is 456 g/mol. The average molecular weight is 457 g/mol. The van der Waals surface area contributed by atoms with Crippen molar-refractivity contribution in [1.82, 2.24) is 14.0 Å². The van der Waals surface area contributed by atoms with Gasteiger partial charge in [-0.15, -0.1) is 0 Å². The van der Waals surface area contributed by atoms with Gasteiger partial charge >= 0.3 is 0 Å². The summed E-state index contributed by atoms with van der Waals surface area (Å²) >= 11 is 6.15. The maximum atomic E-state index is 13.1. The molecular weight excluding hydrogens is 436 g/mol. The van der Waals surface area contributed by atoms with Crippen molar-refractivity contribution in [2.75, 3.05) is 5.32 Å². The van der Waals surface area contributed by atoms with Crippen LogP contribution >= 0.6 is 11.6 Å². The van der Waals surface area contributed by atoms with Crippen molar-refractivity contribution in [3.05, 3.63) is 99.3 Å². The Morgan fingerprint density at radius 2 is 1.64 bits per heavy atom. The summed E-state index contributed by atoms with van der Waals surface area (Å²) in [5.41, 5.74) is 5.24. The number of amides is 1. The average Bonchev–Trinajstić information content (AvgIpc) is 3.10. The van der Waals surface area contributed by atoms with Crippen LogP contribution in [-0.2, 0) is 11.3 Å². The van der Waals surface area contributed by atoms with Gasteiger partial charge in [0, 0.05) is 22.3 Å². The number of nitrogens with one attached hydrogen (secondary N) is 1. The first kappa shape index (κ1) is 21.0.